The van der Waals surface area contributed by atoms with Gasteiger partial charge in [-0.2, -0.15) is 0 Å². The van der Waals surface area contributed by atoms with Gasteiger partial charge in [-0.3, -0.25) is 4.79 Å². The molecule has 5 nitrogen and oxygen atoms in total. The van der Waals surface area contributed by atoms with Crippen molar-refractivity contribution in [1.82, 2.24) is 0 Å². The van der Waals surface area contributed by atoms with Crippen molar-refractivity contribution in [2.75, 3.05) is 11.9 Å². The summed E-state index contributed by atoms with van der Waals surface area (Å²) >= 11 is 0. The zero-order valence-electron chi connectivity index (χ0n) is 14.7. The van der Waals surface area contributed by atoms with Crippen molar-refractivity contribution >= 4 is 22.6 Å². The van der Waals surface area contributed by atoms with Crippen LogP contribution in [0, 0.1) is 5.92 Å². The fraction of sp³-hybridized carbons (Fsp3) is 0.500. The lowest BCUT2D eigenvalue weighted by molar-refractivity contribution is -0.120. The lowest BCUT2D eigenvalue weighted by atomic mass is 9.88. The number of fused-ring (bicyclic) bond motifs is 1. The number of benzene rings is 1. The first-order valence-corrected chi connectivity index (χ1v) is 9.19. The largest absolute Gasteiger partial charge is 0.490 e. The molecule has 1 heterocycles. The third-order valence-corrected chi connectivity index (χ3v) is 4.71. The van der Waals surface area contributed by atoms with Crippen molar-refractivity contribution in [3.05, 3.63) is 34.7 Å². The number of carbonyl (C=O) groups excluding carboxylic acids is 1. The molecule has 5 heteroatoms. The third kappa shape index (κ3) is 4.21. The molecule has 0 saturated heterocycles. The molecule has 1 amide bonds. The molecule has 1 saturated carbocycles. The maximum atomic E-state index is 12.4. The number of nitrogens with one attached hydrogen (secondary N) is 1. The quantitative estimate of drug-likeness (QED) is 0.620. The van der Waals surface area contributed by atoms with E-state index in [4.69, 9.17) is 9.15 Å². The molecule has 3 rings (SSSR count). The number of carbonyl (C=O) groups is 1. The molecule has 134 valence electrons. The predicted molar refractivity (Wildman–Crippen MR) is 98.1 cm³/mol. The number of rotatable bonds is 6. The fourth-order valence-corrected chi connectivity index (χ4v) is 3.24. The van der Waals surface area contributed by atoms with Crippen LogP contribution in [-0.4, -0.2) is 12.5 Å². The van der Waals surface area contributed by atoms with Crippen molar-refractivity contribution in [2.24, 2.45) is 5.92 Å². The van der Waals surface area contributed by atoms with E-state index in [0.29, 0.717) is 17.9 Å². The van der Waals surface area contributed by atoms with Gasteiger partial charge in [0.1, 0.15) is 5.69 Å². The molecule has 1 N–H and O–H groups in total. The van der Waals surface area contributed by atoms with Crippen LogP contribution in [0.4, 0.5) is 5.69 Å². The maximum Gasteiger partial charge on any atom is 0.360 e. The normalized spacial score (nSPS) is 15.2. The Labute approximate surface area is 147 Å². The number of unbranched alkanes of at least 4 members (excludes halogenated alkanes) is 1. The Balaban J connectivity index is 1.81. The minimum Gasteiger partial charge on any atom is -0.490 e. The van der Waals surface area contributed by atoms with Gasteiger partial charge >= 0.3 is 5.63 Å². The molecule has 0 spiro atoms. The van der Waals surface area contributed by atoms with Gasteiger partial charge in [0.2, 0.25) is 5.91 Å². The van der Waals surface area contributed by atoms with Crippen molar-refractivity contribution in [3.8, 4) is 5.75 Å². The van der Waals surface area contributed by atoms with Gasteiger partial charge in [0.05, 0.1) is 6.61 Å². The molecule has 2 aromatic rings. The first-order valence-electron chi connectivity index (χ1n) is 9.19. The summed E-state index contributed by atoms with van der Waals surface area (Å²) in [6.07, 6.45) is 7.08. The highest BCUT2D eigenvalue weighted by Crippen LogP contribution is 2.28. The maximum absolute atomic E-state index is 12.4. The number of hydrogen-bond acceptors (Lipinski definition) is 4. The summed E-state index contributed by atoms with van der Waals surface area (Å²) in [5.74, 6) is 0.475. The van der Waals surface area contributed by atoms with E-state index in [1.165, 1.54) is 6.42 Å². The van der Waals surface area contributed by atoms with Gasteiger partial charge in [-0.25, -0.2) is 4.79 Å². The van der Waals surface area contributed by atoms with E-state index in [9.17, 15) is 9.59 Å². The minimum absolute atomic E-state index is 0.00689. The van der Waals surface area contributed by atoms with Gasteiger partial charge in [0, 0.05) is 11.3 Å². The smallest absolute Gasteiger partial charge is 0.360 e. The molecule has 0 aliphatic heterocycles. The summed E-state index contributed by atoms with van der Waals surface area (Å²) in [6, 6.07) is 7.17. The van der Waals surface area contributed by atoms with Crippen molar-refractivity contribution in [1.29, 1.82) is 0 Å². The Hall–Kier alpha value is -2.30. The molecule has 1 aromatic carbocycles. The Kier molecular flexibility index (Phi) is 5.74. The van der Waals surface area contributed by atoms with Crippen LogP contribution >= 0.6 is 0 Å². The molecule has 0 bridgehead atoms. The summed E-state index contributed by atoms with van der Waals surface area (Å²) in [5, 5.41) is 3.50. The average Bonchev–Trinajstić information content (AvgIpc) is 2.63. The van der Waals surface area contributed by atoms with Gasteiger partial charge in [-0.05, 0) is 31.4 Å². The summed E-state index contributed by atoms with van der Waals surface area (Å²) in [7, 11) is 0. The Bertz CT molecular complexity index is 790. The first-order chi connectivity index (χ1) is 12.2. The Morgan fingerprint density at radius 1 is 1.28 bits per heavy atom. The van der Waals surface area contributed by atoms with Crippen LogP contribution in [0.3, 0.4) is 0 Å². The molecule has 0 unspecified atom stereocenters. The molecule has 1 aliphatic carbocycles. The Morgan fingerprint density at radius 2 is 2.08 bits per heavy atom. The minimum atomic E-state index is -0.539. The highest BCUT2D eigenvalue weighted by molar-refractivity contribution is 5.94. The van der Waals surface area contributed by atoms with Crippen LogP contribution in [0.1, 0.15) is 51.9 Å². The second kappa shape index (κ2) is 8.19. The molecule has 0 radical (unpaired) electrons. The van der Waals surface area contributed by atoms with Crippen LogP contribution < -0.4 is 15.7 Å². The highest BCUT2D eigenvalue weighted by atomic mass is 16.5. The van der Waals surface area contributed by atoms with E-state index >= 15 is 0 Å². The van der Waals surface area contributed by atoms with Gasteiger partial charge in [-0.1, -0.05) is 44.7 Å². The number of para-hydroxylation sites is 1. The van der Waals surface area contributed by atoms with Crippen LogP contribution in [0.25, 0.3) is 11.0 Å². The van der Waals surface area contributed by atoms with Gasteiger partial charge in [0.25, 0.3) is 0 Å². The van der Waals surface area contributed by atoms with E-state index in [1.54, 1.807) is 12.1 Å². The van der Waals surface area contributed by atoms with E-state index in [2.05, 4.69) is 12.2 Å². The predicted octanol–water partition coefficient (Wildman–Crippen LogP) is 4.49. The molecule has 25 heavy (non-hydrogen) atoms. The van der Waals surface area contributed by atoms with Crippen LogP contribution in [0.5, 0.6) is 5.75 Å². The van der Waals surface area contributed by atoms with Gasteiger partial charge in [-0.15, -0.1) is 0 Å². The second-order valence-electron chi connectivity index (χ2n) is 6.65. The molecular formula is C20H25NO4. The van der Waals surface area contributed by atoms with Gasteiger partial charge in [0.15, 0.2) is 11.3 Å². The molecule has 1 fully saturated rings. The average molecular weight is 343 g/mol. The number of ether oxygens (including phenoxy) is 1. The molecule has 1 aromatic heterocycles. The van der Waals surface area contributed by atoms with E-state index in [1.807, 2.05) is 12.1 Å². The van der Waals surface area contributed by atoms with E-state index in [0.717, 1.165) is 43.9 Å². The van der Waals surface area contributed by atoms with Gasteiger partial charge < -0.3 is 14.5 Å². The van der Waals surface area contributed by atoms with Crippen molar-refractivity contribution in [2.45, 2.75) is 51.9 Å². The highest BCUT2D eigenvalue weighted by Gasteiger charge is 2.22. The number of anilines is 1. The lowest BCUT2D eigenvalue weighted by Gasteiger charge is -2.20. The zero-order chi connectivity index (χ0) is 17.6. The fourth-order valence-electron chi connectivity index (χ4n) is 3.24. The monoisotopic (exact) mass is 343 g/mol. The number of amides is 1. The Morgan fingerprint density at radius 3 is 2.84 bits per heavy atom. The lowest BCUT2D eigenvalue weighted by Crippen LogP contribution is -2.27. The van der Waals surface area contributed by atoms with E-state index in [-0.39, 0.29) is 17.5 Å². The molecular weight excluding hydrogens is 318 g/mol. The third-order valence-electron chi connectivity index (χ3n) is 4.71. The first kappa shape index (κ1) is 17.5. The topological polar surface area (TPSA) is 68.5 Å². The van der Waals surface area contributed by atoms with Crippen molar-refractivity contribution < 1.29 is 13.9 Å². The standard InChI is InChI=1S/C20H25NO4/c1-2-3-12-24-17-11-7-10-15-13-16(20(23)25-18(15)17)21-19(22)14-8-5-4-6-9-14/h7,10-11,13-14H,2-6,8-9,12H2,1H3,(H,21,22). The number of hydrogen-bond donors (Lipinski definition) is 1. The van der Waals surface area contributed by atoms with E-state index < -0.39 is 5.63 Å². The summed E-state index contributed by atoms with van der Waals surface area (Å²) in [6.45, 7) is 2.67. The van der Waals surface area contributed by atoms with Crippen LogP contribution in [-0.2, 0) is 4.79 Å². The second-order valence-corrected chi connectivity index (χ2v) is 6.65. The van der Waals surface area contributed by atoms with Crippen LogP contribution in [0.15, 0.2) is 33.5 Å². The summed E-state index contributed by atoms with van der Waals surface area (Å²) < 4.78 is 11.2. The molecule has 1 aliphatic rings. The SMILES string of the molecule is CCCCOc1cccc2cc(NC(=O)C3CCCCC3)c(=O)oc12. The summed E-state index contributed by atoms with van der Waals surface area (Å²) in [5.41, 5.74) is 0.0938. The zero-order valence-corrected chi connectivity index (χ0v) is 14.7. The van der Waals surface area contributed by atoms with Crippen molar-refractivity contribution in [3.63, 3.8) is 0 Å². The summed E-state index contributed by atoms with van der Waals surface area (Å²) in [4.78, 5) is 24.7. The van der Waals surface area contributed by atoms with Crippen LogP contribution in [0.2, 0.25) is 0 Å². The molecule has 0 atom stereocenters.